The standard InChI is InChI=1S/C11H10N2O2/c1-2-3-4-15-10-5-9(14)11(10)8(6-12)7-13/h5H,2-4H2,1H3. The van der Waals surface area contributed by atoms with Crippen LogP contribution in [0.4, 0.5) is 0 Å². The maximum absolute atomic E-state index is 11.1. The van der Waals surface area contributed by atoms with Gasteiger partial charge in [0.05, 0.1) is 12.2 Å². The van der Waals surface area contributed by atoms with E-state index < -0.39 is 0 Å². The van der Waals surface area contributed by atoms with Crippen molar-refractivity contribution < 1.29 is 9.53 Å². The molecule has 0 unspecified atom stereocenters. The minimum atomic E-state index is -0.306. The summed E-state index contributed by atoms with van der Waals surface area (Å²) in [6.07, 6.45) is 3.18. The molecular weight excluding hydrogens is 192 g/mol. The molecule has 0 saturated carbocycles. The number of carbonyl (C=O) groups is 1. The second-order valence-electron chi connectivity index (χ2n) is 3.05. The Morgan fingerprint density at radius 3 is 2.60 bits per heavy atom. The summed E-state index contributed by atoms with van der Waals surface area (Å²) in [5, 5.41) is 17.2. The summed E-state index contributed by atoms with van der Waals surface area (Å²) in [4.78, 5) is 11.1. The average molecular weight is 202 g/mol. The minimum Gasteiger partial charge on any atom is -0.493 e. The zero-order valence-corrected chi connectivity index (χ0v) is 8.41. The monoisotopic (exact) mass is 202 g/mol. The van der Waals surface area contributed by atoms with E-state index in [0.717, 1.165) is 12.8 Å². The van der Waals surface area contributed by atoms with Crippen molar-refractivity contribution in [1.29, 1.82) is 10.5 Å². The molecule has 1 rings (SSSR count). The van der Waals surface area contributed by atoms with Crippen molar-refractivity contribution in [1.82, 2.24) is 0 Å². The molecular formula is C11H10N2O2. The molecule has 0 spiro atoms. The van der Waals surface area contributed by atoms with Gasteiger partial charge in [-0.2, -0.15) is 10.5 Å². The van der Waals surface area contributed by atoms with E-state index in [9.17, 15) is 4.79 Å². The van der Waals surface area contributed by atoms with Gasteiger partial charge in [-0.25, -0.2) is 0 Å². The summed E-state index contributed by atoms with van der Waals surface area (Å²) in [5.41, 5.74) is -0.0508. The predicted molar refractivity (Wildman–Crippen MR) is 52.2 cm³/mol. The Balaban J connectivity index is 2.75. The van der Waals surface area contributed by atoms with E-state index in [1.54, 1.807) is 12.1 Å². The molecule has 0 heterocycles. The highest BCUT2D eigenvalue weighted by Gasteiger charge is 2.29. The molecule has 76 valence electrons. The Morgan fingerprint density at radius 1 is 1.47 bits per heavy atom. The molecule has 0 bridgehead atoms. The van der Waals surface area contributed by atoms with Crippen LogP contribution in [0.2, 0.25) is 0 Å². The third-order valence-corrected chi connectivity index (χ3v) is 1.98. The third-order valence-electron chi connectivity index (χ3n) is 1.98. The zero-order chi connectivity index (χ0) is 11.3. The molecule has 0 amide bonds. The Bertz CT molecular complexity index is 403. The van der Waals surface area contributed by atoms with Gasteiger partial charge in [-0.15, -0.1) is 0 Å². The fraction of sp³-hybridized carbons (Fsp3) is 0.364. The van der Waals surface area contributed by atoms with Crippen LogP contribution < -0.4 is 0 Å². The molecule has 15 heavy (non-hydrogen) atoms. The molecule has 0 aromatic rings. The molecule has 1 aliphatic rings. The largest absolute Gasteiger partial charge is 0.493 e. The maximum atomic E-state index is 11.1. The van der Waals surface area contributed by atoms with E-state index in [-0.39, 0.29) is 16.9 Å². The molecule has 1 aliphatic carbocycles. The first-order valence-corrected chi connectivity index (χ1v) is 4.68. The smallest absolute Gasteiger partial charge is 0.195 e. The highest BCUT2D eigenvalue weighted by atomic mass is 16.5. The number of hydrogen-bond acceptors (Lipinski definition) is 4. The van der Waals surface area contributed by atoms with E-state index in [2.05, 4.69) is 0 Å². The van der Waals surface area contributed by atoms with Crippen LogP contribution in [0.1, 0.15) is 19.8 Å². The quantitative estimate of drug-likeness (QED) is 0.394. The maximum Gasteiger partial charge on any atom is 0.195 e. The SMILES string of the molecule is CCCCOC1=CC(=O)C1=C(C#N)C#N. The van der Waals surface area contributed by atoms with Gasteiger partial charge in [0, 0.05) is 6.08 Å². The number of nitriles is 2. The molecule has 0 aromatic heterocycles. The van der Waals surface area contributed by atoms with Crippen LogP contribution in [0, 0.1) is 22.7 Å². The van der Waals surface area contributed by atoms with Crippen molar-refractivity contribution in [2.75, 3.05) is 6.61 Å². The van der Waals surface area contributed by atoms with Gasteiger partial charge in [0.1, 0.15) is 23.5 Å². The Labute approximate surface area is 88.1 Å². The normalized spacial score (nSPS) is 13.4. The molecule has 4 heteroatoms. The number of carbonyl (C=O) groups excluding carboxylic acids is 1. The molecule has 0 radical (unpaired) electrons. The first-order chi connectivity index (χ1) is 7.24. The van der Waals surface area contributed by atoms with Gasteiger partial charge >= 0.3 is 0 Å². The summed E-state index contributed by atoms with van der Waals surface area (Å²) >= 11 is 0. The molecule has 0 fully saturated rings. The van der Waals surface area contributed by atoms with E-state index in [0.29, 0.717) is 12.4 Å². The fourth-order valence-electron chi connectivity index (χ4n) is 1.13. The number of ether oxygens (including phenoxy) is 1. The number of ketones is 1. The van der Waals surface area contributed by atoms with Gasteiger partial charge in [0.25, 0.3) is 0 Å². The van der Waals surface area contributed by atoms with E-state index >= 15 is 0 Å². The summed E-state index contributed by atoms with van der Waals surface area (Å²) in [7, 11) is 0. The van der Waals surface area contributed by atoms with Crippen LogP contribution in [0.3, 0.4) is 0 Å². The number of rotatable bonds is 4. The lowest BCUT2D eigenvalue weighted by molar-refractivity contribution is -0.113. The van der Waals surface area contributed by atoms with Crippen LogP contribution in [-0.2, 0) is 9.53 Å². The molecule has 0 saturated heterocycles. The molecule has 4 nitrogen and oxygen atoms in total. The van der Waals surface area contributed by atoms with Crippen molar-refractivity contribution in [3.8, 4) is 12.1 Å². The Kier molecular flexibility index (Phi) is 3.65. The van der Waals surface area contributed by atoms with Crippen molar-refractivity contribution in [2.24, 2.45) is 0 Å². The van der Waals surface area contributed by atoms with Gasteiger partial charge in [-0.3, -0.25) is 4.79 Å². The average Bonchev–Trinajstić information content (AvgIpc) is 2.24. The van der Waals surface area contributed by atoms with Gasteiger partial charge in [-0.05, 0) is 6.42 Å². The van der Waals surface area contributed by atoms with Crippen LogP contribution in [0.15, 0.2) is 23.0 Å². The lowest BCUT2D eigenvalue weighted by Gasteiger charge is -2.18. The Hall–Kier alpha value is -2.07. The van der Waals surface area contributed by atoms with Crippen molar-refractivity contribution >= 4 is 5.78 Å². The highest BCUT2D eigenvalue weighted by Crippen LogP contribution is 2.26. The van der Waals surface area contributed by atoms with Crippen molar-refractivity contribution in [3.05, 3.63) is 23.0 Å². The number of nitrogens with zero attached hydrogens (tertiary/aromatic N) is 2. The first kappa shape index (κ1) is 11.0. The van der Waals surface area contributed by atoms with Gasteiger partial charge in [0.2, 0.25) is 0 Å². The van der Waals surface area contributed by atoms with E-state index in [4.69, 9.17) is 15.3 Å². The number of unbranched alkanes of at least 4 members (excludes halogenated alkanes) is 1. The minimum absolute atomic E-state index is 0.121. The summed E-state index contributed by atoms with van der Waals surface area (Å²) in [6, 6.07) is 3.36. The second kappa shape index (κ2) is 4.97. The lowest BCUT2D eigenvalue weighted by atomic mass is 9.93. The summed E-state index contributed by atoms with van der Waals surface area (Å²) < 4.78 is 5.27. The number of allylic oxidation sites excluding steroid dienone is 3. The van der Waals surface area contributed by atoms with Gasteiger partial charge < -0.3 is 4.74 Å². The van der Waals surface area contributed by atoms with Crippen molar-refractivity contribution in [2.45, 2.75) is 19.8 Å². The highest BCUT2D eigenvalue weighted by molar-refractivity contribution is 6.16. The molecule has 0 N–H and O–H groups in total. The number of hydrogen-bond donors (Lipinski definition) is 0. The molecule has 0 atom stereocenters. The Morgan fingerprint density at radius 2 is 2.13 bits per heavy atom. The predicted octanol–water partition coefficient (Wildman–Crippen LogP) is 1.61. The van der Waals surface area contributed by atoms with Gasteiger partial charge in [-0.1, -0.05) is 13.3 Å². The van der Waals surface area contributed by atoms with Crippen LogP contribution >= 0.6 is 0 Å². The third kappa shape index (κ3) is 2.24. The summed E-state index contributed by atoms with van der Waals surface area (Å²) in [6.45, 7) is 2.53. The first-order valence-electron chi connectivity index (χ1n) is 4.68. The van der Waals surface area contributed by atoms with Crippen LogP contribution in [-0.4, -0.2) is 12.4 Å². The zero-order valence-electron chi connectivity index (χ0n) is 8.41. The van der Waals surface area contributed by atoms with Crippen LogP contribution in [0.5, 0.6) is 0 Å². The lowest BCUT2D eigenvalue weighted by Crippen LogP contribution is -2.18. The van der Waals surface area contributed by atoms with E-state index in [1.807, 2.05) is 6.92 Å². The topological polar surface area (TPSA) is 73.9 Å². The fourth-order valence-corrected chi connectivity index (χ4v) is 1.13. The van der Waals surface area contributed by atoms with Crippen LogP contribution in [0.25, 0.3) is 0 Å². The van der Waals surface area contributed by atoms with E-state index in [1.165, 1.54) is 6.08 Å². The molecule has 0 aromatic carbocycles. The second-order valence-corrected chi connectivity index (χ2v) is 3.05. The van der Waals surface area contributed by atoms with Crippen molar-refractivity contribution in [3.63, 3.8) is 0 Å². The summed E-state index contributed by atoms with van der Waals surface area (Å²) in [5.74, 6) is 0.0612. The van der Waals surface area contributed by atoms with Gasteiger partial charge in [0.15, 0.2) is 5.78 Å². The molecule has 0 aliphatic heterocycles.